The van der Waals surface area contributed by atoms with Gasteiger partial charge in [0.05, 0.1) is 10.9 Å². The first-order chi connectivity index (χ1) is 11.6. The minimum Gasteiger partial charge on any atom is -0.348 e. The maximum absolute atomic E-state index is 12.7. The van der Waals surface area contributed by atoms with Crippen molar-refractivity contribution in [2.75, 3.05) is 6.54 Å². The molecule has 2 heterocycles. The van der Waals surface area contributed by atoms with Crippen molar-refractivity contribution in [2.45, 2.75) is 31.8 Å². The molecule has 0 spiro atoms. The van der Waals surface area contributed by atoms with Gasteiger partial charge in [-0.2, -0.15) is 0 Å². The second-order valence-corrected chi connectivity index (χ2v) is 7.30. The third kappa shape index (κ3) is 3.62. The minimum absolute atomic E-state index is 0.0574. The van der Waals surface area contributed by atoms with Gasteiger partial charge in [0.1, 0.15) is 6.04 Å². The summed E-state index contributed by atoms with van der Waals surface area (Å²) in [6.07, 6.45) is 1.55. The molecule has 1 aliphatic heterocycles. The molecule has 126 valence electrons. The summed E-state index contributed by atoms with van der Waals surface area (Å²) in [5.41, 5.74) is 0.949. The number of likely N-dealkylation sites (tertiary alicyclic amines) is 1. The summed E-state index contributed by atoms with van der Waals surface area (Å²) >= 11 is 7.42. The highest BCUT2D eigenvalue weighted by Gasteiger charge is 2.35. The van der Waals surface area contributed by atoms with E-state index in [2.05, 4.69) is 5.32 Å². The van der Waals surface area contributed by atoms with Crippen LogP contribution in [0.4, 0.5) is 0 Å². The molecule has 0 bridgehead atoms. The smallest absolute Gasteiger partial charge is 0.264 e. The van der Waals surface area contributed by atoms with E-state index < -0.39 is 6.04 Å². The largest absolute Gasteiger partial charge is 0.348 e. The Morgan fingerprint density at radius 3 is 2.88 bits per heavy atom. The molecule has 1 aromatic carbocycles. The molecule has 1 aliphatic rings. The van der Waals surface area contributed by atoms with Crippen molar-refractivity contribution in [1.82, 2.24) is 10.2 Å². The van der Waals surface area contributed by atoms with E-state index >= 15 is 0 Å². The number of carbonyl (C=O) groups is 2. The molecule has 4 nitrogen and oxygen atoms in total. The van der Waals surface area contributed by atoms with Crippen LogP contribution in [0.25, 0.3) is 0 Å². The Morgan fingerprint density at radius 2 is 2.17 bits per heavy atom. The number of nitrogens with one attached hydrogen (secondary N) is 1. The molecule has 0 aliphatic carbocycles. The lowest BCUT2D eigenvalue weighted by Gasteiger charge is -2.25. The first-order valence-corrected chi connectivity index (χ1v) is 9.22. The normalized spacial score (nSPS) is 18.4. The maximum atomic E-state index is 12.7. The lowest BCUT2D eigenvalue weighted by atomic mass is 10.1. The van der Waals surface area contributed by atoms with Crippen molar-refractivity contribution in [2.24, 2.45) is 0 Å². The van der Waals surface area contributed by atoms with Crippen LogP contribution in [0, 0.1) is 0 Å². The highest BCUT2D eigenvalue weighted by atomic mass is 35.5. The van der Waals surface area contributed by atoms with Crippen LogP contribution in [-0.2, 0) is 4.79 Å². The molecule has 0 unspecified atom stereocenters. The Morgan fingerprint density at radius 1 is 1.33 bits per heavy atom. The minimum atomic E-state index is -0.402. The van der Waals surface area contributed by atoms with Gasteiger partial charge in [0.2, 0.25) is 5.91 Å². The van der Waals surface area contributed by atoms with Gasteiger partial charge < -0.3 is 10.2 Å². The Balaban J connectivity index is 1.68. The number of rotatable bonds is 4. The van der Waals surface area contributed by atoms with E-state index in [-0.39, 0.29) is 17.9 Å². The third-order valence-corrected chi connectivity index (χ3v) is 5.35. The van der Waals surface area contributed by atoms with E-state index in [9.17, 15) is 9.59 Å². The van der Waals surface area contributed by atoms with Crippen LogP contribution in [0.5, 0.6) is 0 Å². The number of benzene rings is 1. The molecule has 1 aromatic heterocycles. The van der Waals surface area contributed by atoms with E-state index in [1.165, 1.54) is 11.3 Å². The van der Waals surface area contributed by atoms with E-state index in [0.29, 0.717) is 22.9 Å². The summed E-state index contributed by atoms with van der Waals surface area (Å²) in [4.78, 5) is 27.6. The Hall–Kier alpha value is -1.85. The van der Waals surface area contributed by atoms with Crippen molar-refractivity contribution in [3.8, 4) is 0 Å². The van der Waals surface area contributed by atoms with Crippen LogP contribution in [0.1, 0.15) is 41.0 Å². The zero-order chi connectivity index (χ0) is 17.1. The Labute approximate surface area is 150 Å². The summed E-state index contributed by atoms with van der Waals surface area (Å²) in [6, 6.07) is 10.5. The standard InChI is InChI=1S/C18H19ClN2O2S/c1-12(13-5-2-6-14(19)11-13)20-17(22)15-7-3-9-21(15)18(23)16-8-4-10-24-16/h2,4-6,8,10-12,15H,3,7,9H2,1H3,(H,20,22)/t12-,15+/m1/s1. The fraction of sp³-hybridized carbons (Fsp3) is 0.333. The lowest BCUT2D eigenvalue weighted by molar-refractivity contribution is -0.125. The fourth-order valence-electron chi connectivity index (χ4n) is 2.99. The number of carbonyl (C=O) groups excluding carboxylic acids is 2. The number of hydrogen-bond acceptors (Lipinski definition) is 3. The van der Waals surface area contributed by atoms with Crippen molar-refractivity contribution >= 4 is 34.8 Å². The zero-order valence-corrected chi connectivity index (χ0v) is 14.9. The van der Waals surface area contributed by atoms with E-state index in [0.717, 1.165) is 12.0 Å². The summed E-state index contributed by atoms with van der Waals surface area (Å²) in [6.45, 7) is 2.55. The van der Waals surface area contributed by atoms with Crippen molar-refractivity contribution < 1.29 is 9.59 Å². The quantitative estimate of drug-likeness (QED) is 0.897. The van der Waals surface area contributed by atoms with Gasteiger partial charge in [0.25, 0.3) is 5.91 Å². The highest BCUT2D eigenvalue weighted by Crippen LogP contribution is 2.24. The molecule has 1 N–H and O–H groups in total. The molecular formula is C18H19ClN2O2S. The van der Waals surface area contributed by atoms with Gasteiger partial charge >= 0.3 is 0 Å². The van der Waals surface area contributed by atoms with Gasteiger partial charge in [0, 0.05) is 11.6 Å². The van der Waals surface area contributed by atoms with E-state index in [1.807, 2.05) is 36.6 Å². The monoisotopic (exact) mass is 362 g/mol. The molecule has 1 saturated heterocycles. The summed E-state index contributed by atoms with van der Waals surface area (Å²) in [5, 5.41) is 5.52. The maximum Gasteiger partial charge on any atom is 0.264 e. The first kappa shape index (κ1) is 17.0. The molecule has 6 heteroatoms. The van der Waals surface area contributed by atoms with E-state index in [1.54, 1.807) is 17.0 Å². The number of thiophene rings is 1. The molecule has 2 aromatic rings. The van der Waals surface area contributed by atoms with Crippen LogP contribution < -0.4 is 5.32 Å². The number of hydrogen-bond donors (Lipinski definition) is 1. The van der Waals surface area contributed by atoms with Gasteiger partial charge in [0.15, 0.2) is 0 Å². The molecule has 2 amide bonds. The van der Waals surface area contributed by atoms with Gasteiger partial charge in [-0.15, -0.1) is 11.3 Å². The van der Waals surface area contributed by atoms with Gasteiger partial charge in [-0.1, -0.05) is 29.8 Å². The van der Waals surface area contributed by atoms with Crippen LogP contribution >= 0.6 is 22.9 Å². The van der Waals surface area contributed by atoms with Gasteiger partial charge in [-0.25, -0.2) is 0 Å². The van der Waals surface area contributed by atoms with Crippen LogP contribution in [0.15, 0.2) is 41.8 Å². The fourth-order valence-corrected chi connectivity index (χ4v) is 3.87. The van der Waals surface area contributed by atoms with Gasteiger partial charge in [-0.05, 0) is 48.9 Å². The third-order valence-electron chi connectivity index (χ3n) is 4.26. The van der Waals surface area contributed by atoms with Crippen molar-refractivity contribution in [3.63, 3.8) is 0 Å². The van der Waals surface area contributed by atoms with E-state index in [4.69, 9.17) is 11.6 Å². The van der Waals surface area contributed by atoms with Crippen LogP contribution in [0.2, 0.25) is 5.02 Å². The van der Waals surface area contributed by atoms with Gasteiger partial charge in [-0.3, -0.25) is 9.59 Å². The predicted octanol–water partition coefficient (Wildman–Crippen LogP) is 3.88. The Bertz CT molecular complexity index is 732. The van der Waals surface area contributed by atoms with Crippen LogP contribution in [0.3, 0.4) is 0 Å². The van der Waals surface area contributed by atoms with Crippen molar-refractivity contribution in [3.05, 3.63) is 57.2 Å². The average molecular weight is 363 g/mol. The second-order valence-electron chi connectivity index (χ2n) is 5.92. The van der Waals surface area contributed by atoms with Crippen LogP contribution in [-0.4, -0.2) is 29.3 Å². The molecule has 24 heavy (non-hydrogen) atoms. The first-order valence-electron chi connectivity index (χ1n) is 7.96. The predicted molar refractivity (Wildman–Crippen MR) is 96.4 cm³/mol. The lowest BCUT2D eigenvalue weighted by Crippen LogP contribution is -2.46. The zero-order valence-electron chi connectivity index (χ0n) is 13.4. The summed E-state index contributed by atoms with van der Waals surface area (Å²) < 4.78 is 0. The molecule has 1 fully saturated rings. The second kappa shape index (κ2) is 7.36. The molecule has 0 saturated carbocycles. The molecule has 0 radical (unpaired) electrons. The SMILES string of the molecule is C[C@@H](NC(=O)[C@@H]1CCCN1C(=O)c1cccs1)c1cccc(Cl)c1. The molecule has 3 rings (SSSR count). The molecule has 2 atom stereocenters. The average Bonchev–Trinajstić information content (AvgIpc) is 3.25. The van der Waals surface area contributed by atoms with Crippen molar-refractivity contribution in [1.29, 1.82) is 0 Å². The topological polar surface area (TPSA) is 49.4 Å². The number of amides is 2. The number of halogens is 1. The number of nitrogens with zero attached hydrogens (tertiary/aromatic N) is 1. The molecular weight excluding hydrogens is 344 g/mol. The Kier molecular flexibility index (Phi) is 5.21. The summed E-state index contributed by atoms with van der Waals surface area (Å²) in [7, 11) is 0. The highest BCUT2D eigenvalue weighted by molar-refractivity contribution is 7.12. The summed E-state index contributed by atoms with van der Waals surface area (Å²) in [5.74, 6) is -0.164.